The molecule has 0 unspecified atom stereocenters. The first-order chi connectivity index (χ1) is 11.5. The molecule has 2 saturated heterocycles. The Morgan fingerprint density at radius 3 is 2.96 bits per heavy atom. The van der Waals surface area contributed by atoms with E-state index in [2.05, 4.69) is 5.32 Å². The first-order valence-corrected chi connectivity index (χ1v) is 8.18. The van der Waals surface area contributed by atoms with E-state index in [4.69, 9.17) is 21.6 Å². The lowest BCUT2D eigenvalue weighted by molar-refractivity contribution is -0.138. The van der Waals surface area contributed by atoms with Crippen molar-refractivity contribution in [1.82, 2.24) is 10.2 Å². The number of nitriles is 1. The number of benzene rings is 1. The third-order valence-corrected chi connectivity index (χ3v) is 5.32. The molecule has 7 heteroatoms. The van der Waals surface area contributed by atoms with Crippen molar-refractivity contribution < 1.29 is 14.3 Å². The predicted molar refractivity (Wildman–Crippen MR) is 87.5 cm³/mol. The molecule has 0 radical (unpaired) electrons. The van der Waals surface area contributed by atoms with Gasteiger partial charge < -0.3 is 15.0 Å². The standard InChI is InChI=1S/C17H18ClN3O3/c1-20-16(23)17-4-5-24-9-13(17)8-21(10-17)15(22)11-2-3-12(7-19)14(18)6-11/h2-3,6,13H,4-5,8-10H2,1H3,(H,20,23)/t13-,17+/m1/s1. The van der Waals surface area contributed by atoms with Crippen LogP contribution in [-0.4, -0.2) is 50.1 Å². The van der Waals surface area contributed by atoms with Crippen LogP contribution < -0.4 is 5.32 Å². The molecule has 126 valence electrons. The van der Waals surface area contributed by atoms with Crippen LogP contribution in [0.2, 0.25) is 5.02 Å². The third kappa shape index (κ3) is 2.64. The molecular formula is C17H18ClN3O3. The molecule has 0 saturated carbocycles. The summed E-state index contributed by atoms with van der Waals surface area (Å²) in [4.78, 5) is 26.9. The highest BCUT2D eigenvalue weighted by Gasteiger charge is 2.54. The van der Waals surface area contributed by atoms with Crippen LogP contribution in [0.3, 0.4) is 0 Å². The largest absolute Gasteiger partial charge is 0.381 e. The van der Waals surface area contributed by atoms with Crippen LogP contribution >= 0.6 is 11.6 Å². The van der Waals surface area contributed by atoms with Gasteiger partial charge in [-0.05, 0) is 24.6 Å². The molecule has 6 nitrogen and oxygen atoms in total. The number of carbonyl (C=O) groups excluding carboxylic acids is 2. The average molecular weight is 348 g/mol. The Bertz CT molecular complexity index is 730. The van der Waals surface area contributed by atoms with E-state index in [1.165, 1.54) is 12.1 Å². The van der Waals surface area contributed by atoms with Gasteiger partial charge in [-0.25, -0.2) is 0 Å². The van der Waals surface area contributed by atoms with Gasteiger partial charge in [-0.1, -0.05) is 11.6 Å². The minimum absolute atomic E-state index is 0.0102. The number of likely N-dealkylation sites (tertiary alicyclic amines) is 1. The Hall–Kier alpha value is -2.10. The molecule has 2 atom stereocenters. The zero-order chi connectivity index (χ0) is 17.3. The van der Waals surface area contributed by atoms with Gasteiger partial charge in [-0.15, -0.1) is 0 Å². The van der Waals surface area contributed by atoms with Gasteiger partial charge in [0.05, 0.1) is 22.6 Å². The van der Waals surface area contributed by atoms with E-state index < -0.39 is 5.41 Å². The molecule has 0 bridgehead atoms. The summed E-state index contributed by atoms with van der Waals surface area (Å²) >= 11 is 6.03. The molecule has 1 aromatic rings. The third-order valence-electron chi connectivity index (χ3n) is 5.01. The molecule has 0 aromatic heterocycles. The summed E-state index contributed by atoms with van der Waals surface area (Å²) in [5.41, 5.74) is 0.170. The molecule has 0 spiro atoms. The van der Waals surface area contributed by atoms with Crippen LogP contribution in [0.25, 0.3) is 0 Å². The van der Waals surface area contributed by atoms with E-state index in [1.807, 2.05) is 6.07 Å². The fraction of sp³-hybridized carbons (Fsp3) is 0.471. The lowest BCUT2D eigenvalue weighted by atomic mass is 9.73. The van der Waals surface area contributed by atoms with E-state index in [0.29, 0.717) is 43.9 Å². The molecule has 2 aliphatic heterocycles. The molecule has 2 amide bonds. The minimum atomic E-state index is -0.584. The Kier molecular flexibility index (Phi) is 4.48. The van der Waals surface area contributed by atoms with Crippen LogP contribution in [0.1, 0.15) is 22.3 Å². The maximum absolute atomic E-state index is 12.8. The number of nitrogens with zero attached hydrogens (tertiary/aromatic N) is 2. The molecule has 1 N–H and O–H groups in total. The molecule has 2 fully saturated rings. The van der Waals surface area contributed by atoms with E-state index in [9.17, 15) is 9.59 Å². The molecule has 0 aliphatic carbocycles. The van der Waals surface area contributed by atoms with Crippen molar-refractivity contribution in [3.05, 3.63) is 34.3 Å². The highest BCUT2D eigenvalue weighted by molar-refractivity contribution is 6.32. The maximum atomic E-state index is 12.8. The summed E-state index contributed by atoms with van der Waals surface area (Å²) in [6.07, 6.45) is 0.606. The van der Waals surface area contributed by atoms with E-state index in [1.54, 1.807) is 18.0 Å². The van der Waals surface area contributed by atoms with Gasteiger partial charge in [0.15, 0.2) is 0 Å². The minimum Gasteiger partial charge on any atom is -0.381 e. The number of halogens is 1. The summed E-state index contributed by atoms with van der Waals surface area (Å²) in [7, 11) is 1.62. The number of fused-ring (bicyclic) bond motifs is 1. The number of amides is 2. The highest BCUT2D eigenvalue weighted by Crippen LogP contribution is 2.42. The van der Waals surface area contributed by atoms with Gasteiger partial charge in [0.1, 0.15) is 6.07 Å². The van der Waals surface area contributed by atoms with Gasteiger partial charge >= 0.3 is 0 Å². The Morgan fingerprint density at radius 2 is 2.29 bits per heavy atom. The first-order valence-electron chi connectivity index (χ1n) is 7.80. The monoisotopic (exact) mass is 347 g/mol. The van der Waals surface area contributed by atoms with Gasteiger partial charge in [0.25, 0.3) is 5.91 Å². The normalized spacial score (nSPS) is 25.7. The van der Waals surface area contributed by atoms with Gasteiger partial charge in [-0.2, -0.15) is 5.26 Å². The lowest BCUT2D eigenvalue weighted by Gasteiger charge is -2.36. The number of hydrogen-bond donors (Lipinski definition) is 1. The molecule has 2 aliphatic rings. The zero-order valence-electron chi connectivity index (χ0n) is 13.3. The fourth-order valence-corrected chi connectivity index (χ4v) is 3.87. The molecule has 2 heterocycles. The molecule has 24 heavy (non-hydrogen) atoms. The number of nitrogens with one attached hydrogen (secondary N) is 1. The Balaban J connectivity index is 1.86. The quantitative estimate of drug-likeness (QED) is 0.877. The van der Waals surface area contributed by atoms with Crippen molar-refractivity contribution >= 4 is 23.4 Å². The van der Waals surface area contributed by atoms with Crippen LogP contribution in [-0.2, 0) is 9.53 Å². The summed E-state index contributed by atoms with van der Waals surface area (Å²) in [5, 5.41) is 11.9. The van der Waals surface area contributed by atoms with Gasteiger partial charge in [0.2, 0.25) is 5.91 Å². The summed E-state index contributed by atoms with van der Waals surface area (Å²) < 4.78 is 5.51. The Morgan fingerprint density at radius 1 is 1.50 bits per heavy atom. The van der Waals surface area contributed by atoms with Crippen LogP contribution in [0.5, 0.6) is 0 Å². The van der Waals surface area contributed by atoms with Crippen molar-refractivity contribution in [2.24, 2.45) is 11.3 Å². The predicted octanol–water partition coefficient (Wildman–Crippen LogP) is 1.44. The number of ether oxygens (including phenoxy) is 1. The zero-order valence-corrected chi connectivity index (χ0v) is 14.1. The van der Waals surface area contributed by atoms with Crippen molar-refractivity contribution in [3.63, 3.8) is 0 Å². The second kappa shape index (κ2) is 6.42. The summed E-state index contributed by atoms with van der Waals surface area (Å²) in [6.45, 7) is 1.85. The van der Waals surface area contributed by atoms with Crippen molar-refractivity contribution in [2.75, 3.05) is 33.4 Å². The van der Waals surface area contributed by atoms with E-state index in [0.717, 1.165) is 0 Å². The summed E-state index contributed by atoms with van der Waals surface area (Å²) in [6, 6.07) is 6.61. The number of rotatable bonds is 2. The summed E-state index contributed by atoms with van der Waals surface area (Å²) in [5.74, 6) is -0.230. The second-order valence-electron chi connectivity index (χ2n) is 6.25. The van der Waals surface area contributed by atoms with Crippen molar-refractivity contribution in [3.8, 4) is 6.07 Å². The van der Waals surface area contributed by atoms with E-state index >= 15 is 0 Å². The van der Waals surface area contributed by atoms with Crippen LogP contribution in [0, 0.1) is 22.7 Å². The average Bonchev–Trinajstić information content (AvgIpc) is 3.01. The second-order valence-corrected chi connectivity index (χ2v) is 6.66. The van der Waals surface area contributed by atoms with E-state index in [-0.39, 0.29) is 22.8 Å². The van der Waals surface area contributed by atoms with Gasteiger partial charge in [0, 0.05) is 38.2 Å². The number of hydrogen-bond acceptors (Lipinski definition) is 4. The van der Waals surface area contributed by atoms with Gasteiger partial charge in [-0.3, -0.25) is 9.59 Å². The number of carbonyl (C=O) groups is 2. The highest BCUT2D eigenvalue weighted by atomic mass is 35.5. The van der Waals surface area contributed by atoms with Crippen LogP contribution in [0.15, 0.2) is 18.2 Å². The topological polar surface area (TPSA) is 82.4 Å². The molecular weight excluding hydrogens is 330 g/mol. The van der Waals surface area contributed by atoms with Crippen LogP contribution in [0.4, 0.5) is 0 Å². The van der Waals surface area contributed by atoms with Crippen molar-refractivity contribution in [1.29, 1.82) is 5.26 Å². The maximum Gasteiger partial charge on any atom is 0.253 e. The molecule has 1 aromatic carbocycles. The molecule has 3 rings (SSSR count). The first kappa shape index (κ1) is 16.7. The fourth-order valence-electron chi connectivity index (χ4n) is 3.65. The van der Waals surface area contributed by atoms with Crippen molar-refractivity contribution in [2.45, 2.75) is 6.42 Å². The smallest absolute Gasteiger partial charge is 0.253 e. The SMILES string of the molecule is CNC(=O)[C@]12CCOC[C@H]1CN(C(=O)c1ccc(C#N)c(Cl)c1)C2. The Labute approximate surface area is 145 Å². The lowest BCUT2D eigenvalue weighted by Crippen LogP contribution is -2.49.